The van der Waals surface area contributed by atoms with Gasteiger partial charge in [0, 0.05) is 11.5 Å². The molecule has 1 fully saturated rings. The SMILES string of the molecule is Sc1ccccc1[Si]1CCCCO1. The largest absolute Gasteiger partial charge is 0.412 e. The van der Waals surface area contributed by atoms with E-state index in [-0.39, 0.29) is 0 Å². The van der Waals surface area contributed by atoms with Gasteiger partial charge in [0.05, 0.1) is 0 Å². The molecule has 0 aromatic heterocycles. The monoisotopic (exact) mass is 209 g/mol. The zero-order chi connectivity index (χ0) is 9.10. The van der Waals surface area contributed by atoms with Gasteiger partial charge in [0.2, 0.25) is 9.04 Å². The second-order valence-electron chi connectivity index (χ2n) is 3.25. The van der Waals surface area contributed by atoms with E-state index >= 15 is 0 Å². The summed E-state index contributed by atoms with van der Waals surface area (Å²) in [6.45, 7) is 0.941. The van der Waals surface area contributed by atoms with Crippen LogP contribution >= 0.6 is 12.6 Å². The lowest BCUT2D eigenvalue weighted by atomic mass is 10.3. The molecule has 2 rings (SSSR count). The Labute approximate surface area is 86.3 Å². The normalized spacial score (nSPS) is 18.8. The lowest BCUT2D eigenvalue weighted by molar-refractivity contribution is 0.294. The van der Waals surface area contributed by atoms with E-state index in [0.717, 1.165) is 11.5 Å². The van der Waals surface area contributed by atoms with Crippen LogP contribution < -0.4 is 5.19 Å². The van der Waals surface area contributed by atoms with Gasteiger partial charge in [-0.1, -0.05) is 24.6 Å². The van der Waals surface area contributed by atoms with Crippen molar-refractivity contribution < 1.29 is 4.43 Å². The van der Waals surface area contributed by atoms with Gasteiger partial charge in [0.25, 0.3) is 0 Å². The van der Waals surface area contributed by atoms with Gasteiger partial charge in [-0.15, -0.1) is 12.6 Å². The molecule has 0 unspecified atom stereocenters. The average molecular weight is 209 g/mol. The fourth-order valence-corrected chi connectivity index (χ4v) is 4.29. The molecule has 1 aliphatic heterocycles. The lowest BCUT2D eigenvalue weighted by Gasteiger charge is -2.21. The first-order valence-corrected chi connectivity index (χ1v) is 6.71. The van der Waals surface area contributed by atoms with Crippen molar-refractivity contribution in [2.24, 2.45) is 0 Å². The summed E-state index contributed by atoms with van der Waals surface area (Å²) in [4.78, 5) is 1.10. The Hall–Kier alpha value is -0.253. The summed E-state index contributed by atoms with van der Waals surface area (Å²) in [5.41, 5.74) is 0. The van der Waals surface area contributed by atoms with E-state index in [1.807, 2.05) is 12.1 Å². The van der Waals surface area contributed by atoms with E-state index in [4.69, 9.17) is 4.43 Å². The molecular formula is C10H13OSSi. The maximum atomic E-state index is 5.80. The molecule has 0 amide bonds. The summed E-state index contributed by atoms with van der Waals surface area (Å²) < 4.78 is 5.80. The summed E-state index contributed by atoms with van der Waals surface area (Å²) in [5.74, 6) is 0. The molecule has 0 saturated carbocycles. The highest BCUT2D eigenvalue weighted by Gasteiger charge is 2.20. The summed E-state index contributed by atoms with van der Waals surface area (Å²) in [6, 6.07) is 9.54. The molecule has 3 heteroatoms. The molecule has 1 radical (unpaired) electrons. The van der Waals surface area contributed by atoms with Crippen LogP contribution in [0.4, 0.5) is 0 Å². The predicted octanol–water partition coefficient (Wildman–Crippen LogP) is 1.98. The Kier molecular flexibility index (Phi) is 3.08. The van der Waals surface area contributed by atoms with Gasteiger partial charge in [0.15, 0.2) is 0 Å². The maximum Gasteiger partial charge on any atom is 0.247 e. The molecule has 1 saturated heterocycles. The molecular weight excluding hydrogens is 196 g/mol. The van der Waals surface area contributed by atoms with E-state index in [9.17, 15) is 0 Å². The van der Waals surface area contributed by atoms with Crippen molar-refractivity contribution in [3.05, 3.63) is 24.3 Å². The second kappa shape index (κ2) is 4.31. The van der Waals surface area contributed by atoms with Crippen LogP contribution in [0.1, 0.15) is 12.8 Å². The third-order valence-corrected chi connectivity index (χ3v) is 5.28. The third-order valence-electron chi connectivity index (χ3n) is 2.28. The topological polar surface area (TPSA) is 9.23 Å². The molecule has 0 bridgehead atoms. The van der Waals surface area contributed by atoms with Gasteiger partial charge >= 0.3 is 0 Å². The quantitative estimate of drug-likeness (QED) is 0.550. The van der Waals surface area contributed by atoms with Crippen LogP contribution in [-0.2, 0) is 4.43 Å². The highest BCUT2D eigenvalue weighted by atomic mass is 32.1. The number of benzene rings is 1. The average Bonchev–Trinajstić information content (AvgIpc) is 2.20. The molecule has 1 nitrogen and oxygen atoms in total. The summed E-state index contributed by atoms with van der Waals surface area (Å²) >= 11 is 4.45. The van der Waals surface area contributed by atoms with Crippen molar-refractivity contribution in [2.75, 3.05) is 6.61 Å². The van der Waals surface area contributed by atoms with E-state index in [0.29, 0.717) is 0 Å². The highest BCUT2D eigenvalue weighted by Crippen LogP contribution is 2.13. The van der Waals surface area contributed by atoms with Gasteiger partial charge in [-0.2, -0.15) is 0 Å². The van der Waals surface area contributed by atoms with Gasteiger partial charge in [-0.25, -0.2) is 0 Å². The van der Waals surface area contributed by atoms with E-state index in [1.165, 1.54) is 24.1 Å². The molecule has 0 aliphatic carbocycles. The van der Waals surface area contributed by atoms with E-state index in [1.54, 1.807) is 0 Å². The van der Waals surface area contributed by atoms with Crippen molar-refractivity contribution in [2.45, 2.75) is 23.8 Å². The molecule has 1 aliphatic rings. The molecule has 1 aromatic rings. The first-order chi connectivity index (χ1) is 6.38. The van der Waals surface area contributed by atoms with E-state index in [2.05, 4.69) is 24.8 Å². The van der Waals surface area contributed by atoms with Crippen LogP contribution in [0.5, 0.6) is 0 Å². The molecule has 13 heavy (non-hydrogen) atoms. The lowest BCUT2D eigenvalue weighted by Crippen LogP contribution is -2.37. The Bertz CT molecular complexity index is 284. The molecule has 1 aromatic carbocycles. The molecule has 0 spiro atoms. The number of thiol groups is 1. The Balaban J connectivity index is 2.18. The summed E-state index contributed by atoms with van der Waals surface area (Å²) in [6.07, 6.45) is 2.54. The third kappa shape index (κ3) is 2.16. The second-order valence-corrected chi connectivity index (χ2v) is 5.90. The standard InChI is InChI=1S/C10H13OSSi/c12-9-5-1-2-6-10(9)13-8-4-3-7-11-13/h1-2,5-6,12H,3-4,7-8H2. The van der Waals surface area contributed by atoms with Crippen molar-refractivity contribution in [1.29, 1.82) is 0 Å². The zero-order valence-electron chi connectivity index (χ0n) is 7.49. The van der Waals surface area contributed by atoms with Crippen molar-refractivity contribution in [1.82, 2.24) is 0 Å². The number of hydrogen-bond donors (Lipinski definition) is 1. The first kappa shape index (κ1) is 9.31. The Morgan fingerprint density at radius 2 is 2.08 bits per heavy atom. The van der Waals surface area contributed by atoms with Gasteiger partial charge < -0.3 is 4.43 Å². The first-order valence-electron chi connectivity index (χ1n) is 4.65. The molecule has 0 N–H and O–H groups in total. The zero-order valence-corrected chi connectivity index (χ0v) is 9.39. The van der Waals surface area contributed by atoms with Gasteiger partial charge in [0.1, 0.15) is 0 Å². The minimum absolute atomic E-state index is 0.732. The smallest absolute Gasteiger partial charge is 0.247 e. The van der Waals surface area contributed by atoms with Crippen LogP contribution in [0, 0.1) is 0 Å². The van der Waals surface area contributed by atoms with Gasteiger partial charge in [-0.05, 0) is 23.7 Å². The van der Waals surface area contributed by atoms with Crippen molar-refractivity contribution in [3.8, 4) is 0 Å². The van der Waals surface area contributed by atoms with Crippen LogP contribution in [0.15, 0.2) is 29.2 Å². The van der Waals surface area contributed by atoms with Crippen molar-refractivity contribution >= 4 is 26.9 Å². The van der Waals surface area contributed by atoms with Crippen LogP contribution in [0.3, 0.4) is 0 Å². The maximum absolute atomic E-state index is 5.80. The van der Waals surface area contributed by atoms with Crippen LogP contribution in [0.2, 0.25) is 6.04 Å². The van der Waals surface area contributed by atoms with Crippen LogP contribution in [0.25, 0.3) is 0 Å². The fraction of sp³-hybridized carbons (Fsp3) is 0.400. The van der Waals surface area contributed by atoms with Gasteiger partial charge in [-0.3, -0.25) is 0 Å². The minimum Gasteiger partial charge on any atom is -0.412 e. The summed E-state index contributed by atoms with van der Waals surface area (Å²) in [5, 5.41) is 1.34. The van der Waals surface area contributed by atoms with Crippen LogP contribution in [-0.4, -0.2) is 15.6 Å². The minimum atomic E-state index is -0.732. The highest BCUT2D eigenvalue weighted by molar-refractivity contribution is 7.80. The predicted molar refractivity (Wildman–Crippen MR) is 59.1 cm³/mol. The number of rotatable bonds is 1. The number of hydrogen-bond acceptors (Lipinski definition) is 2. The molecule has 1 heterocycles. The molecule has 0 atom stereocenters. The fourth-order valence-electron chi connectivity index (χ4n) is 1.58. The Morgan fingerprint density at radius 3 is 2.77 bits per heavy atom. The summed E-state index contributed by atoms with van der Waals surface area (Å²) in [7, 11) is -0.732. The van der Waals surface area contributed by atoms with E-state index < -0.39 is 9.04 Å². The Morgan fingerprint density at radius 1 is 1.23 bits per heavy atom. The van der Waals surface area contributed by atoms with Crippen molar-refractivity contribution in [3.63, 3.8) is 0 Å². The molecule has 69 valence electrons.